The first kappa shape index (κ1) is 14.4. The maximum absolute atomic E-state index is 5.18. The first-order valence-electron chi connectivity index (χ1n) is 5.83. The van der Waals surface area contributed by atoms with Crippen LogP contribution in [0.15, 0.2) is 11.2 Å². The molecular formula is C12H21N3OS. The Morgan fingerprint density at radius 2 is 2.00 bits per heavy atom. The van der Waals surface area contributed by atoms with E-state index >= 15 is 0 Å². The Balaban J connectivity index is 2.52. The molecule has 1 heterocycles. The lowest BCUT2D eigenvalue weighted by atomic mass is 10.3. The minimum absolute atomic E-state index is 0.347. The highest BCUT2D eigenvalue weighted by atomic mass is 32.2. The zero-order valence-electron chi connectivity index (χ0n) is 11.0. The number of likely N-dealkylation sites (N-methyl/N-ethyl adjacent to an activating group) is 1. The topological polar surface area (TPSA) is 47.0 Å². The Morgan fingerprint density at radius 3 is 2.53 bits per heavy atom. The van der Waals surface area contributed by atoms with Gasteiger partial charge < -0.3 is 10.1 Å². The summed E-state index contributed by atoms with van der Waals surface area (Å²) in [6.45, 7) is 7.75. The molecule has 1 atom stereocenters. The molecule has 17 heavy (non-hydrogen) atoms. The highest BCUT2D eigenvalue weighted by Crippen LogP contribution is 2.15. The second-order valence-electron chi connectivity index (χ2n) is 3.95. The molecule has 1 N–H and O–H groups in total. The van der Waals surface area contributed by atoms with Crippen molar-refractivity contribution in [2.75, 3.05) is 26.0 Å². The van der Waals surface area contributed by atoms with Gasteiger partial charge in [0.25, 0.3) is 0 Å². The van der Waals surface area contributed by atoms with Crippen LogP contribution in [-0.2, 0) is 4.74 Å². The second-order valence-corrected chi connectivity index (χ2v) is 4.94. The summed E-state index contributed by atoms with van der Waals surface area (Å²) in [4.78, 5) is 8.82. The van der Waals surface area contributed by atoms with Crippen LogP contribution in [0.1, 0.15) is 18.3 Å². The zero-order valence-corrected chi connectivity index (χ0v) is 11.8. The van der Waals surface area contributed by atoms with Gasteiger partial charge in [-0.2, -0.15) is 0 Å². The third kappa shape index (κ3) is 5.48. The molecule has 0 amide bonds. The summed E-state index contributed by atoms with van der Waals surface area (Å²) in [6, 6.07) is 2.33. The molecule has 1 unspecified atom stereocenters. The summed E-state index contributed by atoms with van der Waals surface area (Å²) in [6.07, 6.45) is 0. The van der Waals surface area contributed by atoms with Gasteiger partial charge in [-0.25, -0.2) is 9.97 Å². The van der Waals surface area contributed by atoms with Crippen LogP contribution >= 0.6 is 11.8 Å². The van der Waals surface area contributed by atoms with E-state index in [0.717, 1.165) is 28.8 Å². The Bertz CT molecular complexity index is 320. The largest absolute Gasteiger partial charge is 0.383 e. The maximum Gasteiger partial charge on any atom is 0.188 e. The molecule has 5 heteroatoms. The molecule has 0 aliphatic heterocycles. The summed E-state index contributed by atoms with van der Waals surface area (Å²) in [7, 11) is 1.72. The molecule has 4 nitrogen and oxygen atoms in total. The molecule has 0 aliphatic rings. The normalized spacial score (nSPS) is 12.7. The molecule has 0 aromatic carbocycles. The van der Waals surface area contributed by atoms with E-state index < -0.39 is 0 Å². The Hall–Kier alpha value is -0.650. The Kier molecular flexibility index (Phi) is 6.47. The molecule has 0 fully saturated rings. The van der Waals surface area contributed by atoms with E-state index in [-0.39, 0.29) is 0 Å². The van der Waals surface area contributed by atoms with Crippen LogP contribution in [0, 0.1) is 13.8 Å². The van der Waals surface area contributed by atoms with Gasteiger partial charge in [0.2, 0.25) is 0 Å². The summed E-state index contributed by atoms with van der Waals surface area (Å²) >= 11 is 1.67. The number of hydrogen-bond donors (Lipinski definition) is 1. The van der Waals surface area contributed by atoms with E-state index in [1.165, 1.54) is 0 Å². The predicted octanol–water partition coefficient (Wildman–Crippen LogP) is 1.81. The van der Waals surface area contributed by atoms with Gasteiger partial charge in [0, 0.05) is 30.3 Å². The SMILES string of the molecule is CCNC(COC)CSc1nc(C)cc(C)n1. The molecule has 1 rings (SSSR count). The average Bonchev–Trinajstić information content (AvgIpc) is 2.25. The smallest absolute Gasteiger partial charge is 0.188 e. The summed E-state index contributed by atoms with van der Waals surface area (Å²) in [5, 5.41) is 4.23. The maximum atomic E-state index is 5.18. The van der Waals surface area contributed by atoms with E-state index in [9.17, 15) is 0 Å². The van der Waals surface area contributed by atoms with Crippen LogP contribution in [0.5, 0.6) is 0 Å². The molecule has 0 aliphatic carbocycles. The van der Waals surface area contributed by atoms with Crippen LogP contribution in [0.25, 0.3) is 0 Å². The Labute approximate surface area is 108 Å². The number of hydrogen-bond acceptors (Lipinski definition) is 5. The summed E-state index contributed by atoms with van der Waals surface area (Å²) < 4.78 is 5.18. The van der Waals surface area contributed by atoms with Crippen LogP contribution in [-0.4, -0.2) is 42.0 Å². The third-order valence-electron chi connectivity index (χ3n) is 2.24. The quantitative estimate of drug-likeness (QED) is 0.595. The molecule has 96 valence electrons. The number of ether oxygens (including phenoxy) is 1. The van der Waals surface area contributed by atoms with Crippen molar-refractivity contribution >= 4 is 11.8 Å². The number of methoxy groups -OCH3 is 1. The van der Waals surface area contributed by atoms with Gasteiger partial charge >= 0.3 is 0 Å². The standard InChI is InChI=1S/C12H21N3OS/c1-5-13-11(7-16-4)8-17-12-14-9(2)6-10(3)15-12/h6,11,13H,5,7-8H2,1-4H3. The minimum atomic E-state index is 0.347. The van der Waals surface area contributed by atoms with Crippen LogP contribution < -0.4 is 5.32 Å². The van der Waals surface area contributed by atoms with Gasteiger partial charge in [0.15, 0.2) is 5.16 Å². The summed E-state index contributed by atoms with van der Waals surface area (Å²) in [5.41, 5.74) is 2.04. The van der Waals surface area contributed by atoms with E-state index in [2.05, 4.69) is 22.2 Å². The fraction of sp³-hybridized carbons (Fsp3) is 0.667. The lowest BCUT2D eigenvalue weighted by Crippen LogP contribution is -2.35. The van der Waals surface area contributed by atoms with E-state index in [4.69, 9.17) is 4.74 Å². The fourth-order valence-corrected chi connectivity index (χ4v) is 2.57. The zero-order chi connectivity index (χ0) is 12.7. The Morgan fingerprint density at radius 1 is 1.35 bits per heavy atom. The van der Waals surface area contributed by atoms with E-state index in [1.54, 1.807) is 18.9 Å². The highest BCUT2D eigenvalue weighted by molar-refractivity contribution is 7.99. The van der Waals surface area contributed by atoms with Gasteiger partial charge in [-0.05, 0) is 26.5 Å². The van der Waals surface area contributed by atoms with Crippen molar-refractivity contribution < 1.29 is 4.74 Å². The van der Waals surface area contributed by atoms with Gasteiger partial charge in [-0.1, -0.05) is 18.7 Å². The molecule has 0 saturated heterocycles. The lowest BCUT2D eigenvalue weighted by molar-refractivity contribution is 0.174. The number of aryl methyl sites for hydroxylation is 2. The third-order valence-corrected chi connectivity index (χ3v) is 3.25. The number of aromatic nitrogens is 2. The summed E-state index contributed by atoms with van der Waals surface area (Å²) in [5.74, 6) is 0.921. The van der Waals surface area contributed by atoms with Crippen molar-refractivity contribution in [1.29, 1.82) is 0 Å². The first-order chi connectivity index (χ1) is 8.15. The molecule has 0 saturated carbocycles. The lowest BCUT2D eigenvalue weighted by Gasteiger charge is -2.15. The van der Waals surface area contributed by atoms with E-state index in [0.29, 0.717) is 12.6 Å². The van der Waals surface area contributed by atoms with Crippen molar-refractivity contribution in [3.05, 3.63) is 17.5 Å². The van der Waals surface area contributed by atoms with Crippen LogP contribution in [0.3, 0.4) is 0 Å². The number of thioether (sulfide) groups is 1. The molecule has 0 radical (unpaired) electrons. The number of nitrogens with one attached hydrogen (secondary N) is 1. The van der Waals surface area contributed by atoms with Gasteiger partial charge in [-0.15, -0.1) is 0 Å². The van der Waals surface area contributed by atoms with Crippen molar-refractivity contribution in [3.8, 4) is 0 Å². The van der Waals surface area contributed by atoms with E-state index in [1.807, 2.05) is 19.9 Å². The molecule has 1 aromatic heterocycles. The van der Waals surface area contributed by atoms with Gasteiger partial charge in [0.05, 0.1) is 6.61 Å². The van der Waals surface area contributed by atoms with Crippen molar-refractivity contribution in [3.63, 3.8) is 0 Å². The van der Waals surface area contributed by atoms with Crippen LogP contribution in [0.4, 0.5) is 0 Å². The van der Waals surface area contributed by atoms with Crippen molar-refractivity contribution in [2.45, 2.75) is 32.0 Å². The molecule has 0 spiro atoms. The number of nitrogens with zero attached hydrogens (tertiary/aromatic N) is 2. The highest BCUT2D eigenvalue weighted by Gasteiger charge is 2.09. The molecular weight excluding hydrogens is 234 g/mol. The monoisotopic (exact) mass is 255 g/mol. The fourth-order valence-electron chi connectivity index (χ4n) is 1.59. The molecule has 0 bridgehead atoms. The average molecular weight is 255 g/mol. The number of rotatable bonds is 7. The van der Waals surface area contributed by atoms with Crippen molar-refractivity contribution in [1.82, 2.24) is 15.3 Å². The van der Waals surface area contributed by atoms with Gasteiger partial charge in [-0.3, -0.25) is 0 Å². The first-order valence-corrected chi connectivity index (χ1v) is 6.81. The van der Waals surface area contributed by atoms with Crippen LogP contribution in [0.2, 0.25) is 0 Å². The van der Waals surface area contributed by atoms with Crippen molar-refractivity contribution in [2.24, 2.45) is 0 Å². The minimum Gasteiger partial charge on any atom is -0.383 e. The second kappa shape index (κ2) is 7.63. The predicted molar refractivity (Wildman–Crippen MR) is 71.6 cm³/mol. The van der Waals surface area contributed by atoms with Gasteiger partial charge in [0.1, 0.15) is 0 Å². The molecule has 1 aromatic rings.